The lowest BCUT2D eigenvalue weighted by molar-refractivity contribution is -0.0965. The summed E-state index contributed by atoms with van der Waals surface area (Å²) in [5.74, 6) is 0.963. The average molecular weight is 279 g/mol. The highest BCUT2D eigenvalue weighted by atomic mass is 16.5. The van der Waals surface area contributed by atoms with Crippen LogP contribution in [0.25, 0.3) is 0 Å². The molecule has 0 spiro atoms. The van der Waals surface area contributed by atoms with E-state index in [1.165, 1.54) is 11.1 Å². The van der Waals surface area contributed by atoms with Gasteiger partial charge in [0.1, 0.15) is 12.4 Å². The summed E-state index contributed by atoms with van der Waals surface area (Å²) in [7, 11) is 0. The Morgan fingerprint density at radius 2 is 2.15 bits per heavy atom. The van der Waals surface area contributed by atoms with E-state index < -0.39 is 0 Å². The van der Waals surface area contributed by atoms with Crippen LogP contribution in [-0.4, -0.2) is 55.1 Å². The van der Waals surface area contributed by atoms with Crippen molar-refractivity contribution in [2.24, 2.45) is 0 Å². The maximum Gasteiger partial charge on any atom is 0.122 e. The molecule has 1 N–H and O–H groups in total. The number of nitrogens with zero attached hydrogens (tertiary/aromatic N) is 1. The first-order chi connectivity index (χ1) is 9.58. The van der Waals surface area contributed by atoms with E-state index in [1.807, 2.05) is 6.92 Å². The summed E-state index contributed by atoms with van der Waals surface area (Å²) in [5.41, 5.74) is 2.38. The molecule has 4 nitrogen and oxygen atoms in total. The summed E-state index contributed by atoms with van der Waals surface area (Å²) in [5, 5.41) is 9.21. The summed E-state index contributed by atoms with van der Waals surface area (Å²) >= 11 is 0. The number of hydrogen-bond donors (Lipinski definition) is 1. The average Bonchev–Trinajstić information content (AvgIpc) is 2.42. The second-order valence-electron chi connectivity index (χ2n) is 5.63. The predicted octanol–water partition coefficient (Wildman–Crippen LogP) is 1.76. The van der Waals surface area contributed by atoms with Crippen LogP contribution in [0.15, 0.2) is 18.2 Å². The third kappa shape index (κ3) is 4.20. The van der Waals surface area contributed by atoms with Crippen molar-refractivity contribution in [1.82, 2.24) is 4.90 Å². The summed E-state index contributed by atoms with van der Waals surface area (Å²) in [4.78, 5) is 2.29. The van der Waals surface area contributed by atoms with Crippen LogP contribution < -0.4 is 4.74 Å². The van der Waals surface area contributed by atoms with E-state index in [0.717, 1.165) is 25.4 Å². The van der Waals surface area contributed by atoms with Gasteiger partial charge in [-0.05, 0) is 38.0 Å². The Morgan fingerprint density at radius 3 is 2.90 bits per heavy atom. The van der Waals surface area contributed by atoms with Gasteiger partial charge in [-0.1, -0.05) is 12.1 Å². The molecule has 2 rings (SSSR count). The van der Waals surface area contributed by atoms with Crippen LogP contribution in [0.2, 0.25) is 0 Å². The van der Waals surface area contributed by atoms with E-state index >= 15 is 0 Å². The number of ether oxygens (including phenoxy) is 2. The molecule has 20 heavy (non-hydrogen) atoms. The smallest absolute Gasteiger partial charge is 0.122 e. The van der Waals surface area contributed by atoms with E-state index in [4.69, 9.17) is 9.47 Å². The highest BCUT2D eigenvalue weighted by Crippen LogP contribution is 2.19. The summed E-state index contributed by atoms with van der Waals surface area (Å²) in [6.45, 7) is 9.45. The van der Waals surface area contributed by atoms with Crippen LogP contribution in [-0.2, 0) is 4.74 Å². The molecular formula is C16H25NO3. The molecule has 1 aromatic carbocycles. The van der Waals surface area contributed by atoms with Gasteiger partial charge in [0.15, 0.2) is 0 Å². The normalized spacial score (nSPS) is 23.8. The molecule has 4 heteroatoms. The molecule has 1 heterocycles. The first kappa shape index (κ1) is 15.3. The predicted molar refractivity (Wildman–Crippen MR) is 79.3 cm³/mol. The molecule has 112 valence electrons. The monoisotopic (exact) mass is 279 g/mol. The van der Waals surface area contributed by atoms with Gasteiger partial charge in [0.2, 0.25) is 0 Å². The van der Waals surface area contributed by atoms with Gasteiger partial charge in [-0.15, -0.1) is 0 Å². The number of aliphatic hydroxyl groups is 1. The van der Waals surface area contributed by atoms with Crippen LogP contribution in [0.4, 0.5) is 0 Å². The van der Waals surface area contributed by atoms with Crippen molar-refractivity contribution in [3.63, 3.8) is 0 Å². The van der Waals surface area contributed by atoms with Gasteiger partial charge in [-0.2, -0.15) is 0 Å². The Labute approximate surface area is 121 Å². The summed E-state index contributed by atoms with van der Waals surface area (Å²) in [6.07, 6.45) is 0.0982. The zero-order valence-corrected chi connectivity index (χ0v) is 12.6. The van der Waals surface area contributed by atoms with Crippen molar-refractivity contribution in [1.29, 1.82) is 0 Å². The fourth-order valence-corrected chi connectivity index (χ4v) is 2.57. The highest BCUT2D eigenvalue weighted by Gasteiger charge is 2.24. The second-order valence-corrected chi connectivity index (χ2v) is 5.63. The number of aliphatic hydroxyl groups excluding tert-OH is 1. The van der Waals surface area contributed by atoms with Crippen LogP contribution in [0, 0.1) is 13.8 Å². The van der Waals surface area contributed by atoms with Crippen molar-refractivity contribution in [2.45, 2.75) is 33.0 Å². The van der Waals surface area contributed by atoms with Crippen molar-refractivity contribution in [3.8, 4) is 5.75 Å². The largest absolute Gasteiger partial charge is 0.492 e. The third-order valence-corrected chi connectivity index (χ3v) is 3.61. The minimum atomic E-state index is -0.0699. The minimum Gasteiger partial charge on any atom is -0.492 e. The van der Waals surface area contributed by atoms with Gasteiger partial charge < -0.3 is 14.6 Å². The SMILES string of the molecule is Cc1ccc(C)c(OCCN2CC(C)OC(CO)C2)c1. The molecular weight excluding hydrogens is 254 g/mol. The number of morpholine rings is 1. The Morgan fingerprint density at radius 1 is 1.35 bits per heavy atom. The molecule has 1 fully saturated rings. The number of benzene rings is 1. The molecule has 2 unspecified atom stereocenters. The van der Waals surface area contributed by atoms with E-state index in [9.17, 15) is 5.11 Å². The lowest BCUT2D eigenvalue weighted by atomic mass is 10.1. The molecule has 0 amide bonds. The van der Waals surface area contributed by atoms with Gasteiger partial charge in [-0.25, -0.2) is 0 Å². The molecule has 1 aliphatic rings. The fourth-order valence-electron chi connectivity index (χ4n) is 2.57. The maximum atomic E-state index is 9.21. The third-order valence-electron chi connectivity index (χ3n) is 3.61. The van der Waals surface area contributed by atoms with Crippen molar-refractivity contribution in [2.75, 3.05) is 32.8 Å². The quantitative estimate of drug-likeness (QED) is 0.892. The van der Waals surface area contributed by atoms with Gasteiger partial charge in [0, 0.05) is 19.6 Å². The molecule has 1 aromatic rings. The van der Waals surface area contributed by atoms with Crippen molar-refractivity contribution < 1.29 is 14.6 Å². The minimum absolute atomic E-state index is 0.0699. The Balaban J connectivity index is 1.81. The molecule has 0 bridgehead atoms. The molecule has 1 saturated heterocycles. The van der Waals surface area contributed by atoms with Gasteiger partial charge in [0.25, 0.3) is 0 Å². The number of hydrogen-bond acceptors (Lipinski definition) is 4. The van der Waals surface area contributed by atoms with E-state index in [-0.39, 0.29) is 18.8 Å². The van der Waals surface area contributed by atoms with Gasteiger partial charge in [-0.3, -0.25) is 4.90 Å². The topological polar surface area (TPSA) is 41.9 Å². The fraction of sp³-hybridized carbons (Fsp3) is 0.625. The van der Waals surface area contributed by atoms with E-state index in [2.05, 4.69) is 36.9 Å². The van der Waals surface area contributed by atoms with Crippen molar-refractivity contribution in [3.05, 3.63) is 29.3 Å². The number of rotatable bonds is 5. The standard InChI is InChI=1S/C16H25NO3/c1-12-4-5-13(2)16(8-12)19-7-6-17-9-14(3)20-15(10-17)11-18/h4-5,8,14-15,18H,6-7,9-11H2,1-3H3. The first-order valence-electron chi connectivity index (χ1n) is 7.27. The van der Waals surface area contributed by atoms with Gasteiger partial charge in [0.05, 0.1) is 18.8 Å². The van der Waals surface area contributed by atoms with E-state index in [0.29, 0.717) is 6.61 Å². The summed E-state index contributed by atoms with van der Waals surface area (Å²) < 4.78 is 11.5. The van der Waals surface area contributed by atoms with Gasteiger partial charge >= 0.3 is 0 Å². The van der Waals surface area contributed by atoms with E-state index in [1.54, 1.807) is 0 Å². The zero-order chi connectivity index (χ0) is 14.5. The van der Waals surface area contributed by atoms with Crippen LogP contribution in [0.3, 0.4) is 0 Å². The van der Waals surface area contributed by atoms with Crippen LogP contribution in [0.1, 0.15) is 18.1 Å². The first-order valence-corrected chi connectivity index (χ1v) is 7.27. The number of aryl methyl sites for hydroxylation is 2. The second kappa shape index (κ2) is 7.07. The maximum absolute atomic E-state index is 9.21. The molecule has 0 radical (unpaired) electrons. The molecule has 0 saturated carbocycles. The Bertz CT molecular complexity index is 436. The molecule has 0 aromatic heterocycles. The van der Waals surface area contributed by atoms with Crippen molar-refractivity contribution >= 4 is 0 Å². The molecule has 1 aliphatic heterocycles. The molecule has 0 aliphatic carbocycles. The lowest BCUT2D eigenvalue weighted by Gasteiger charge is -2.35. The Kier molecular flexibility index (Phi) is 5.40. The van der Waals surface area contributed by atoms with Crippen LogP contribution in [0.5, 0.6) is 5.75 Å². The van der Waals surface area contributed by atoms with Crippen LogP contribution >= 0.6 is 0 Å². The molecule has 2 atom stereocenters. The highest BCUT2D eigenvalue weighted by molar-refractivity contribution is 5.35. The lowest BCUT2D eigenvalue weighted by Crippen LogP contribution is -2.49. The Hall–Kier alpha value is -1.10. The zero-order valence-electron chi connectivity index (χ0n) is 12.6. The summed E-state index contributed by atoms with van der Waals surface area (Å²) in [6, 6.07) is 6.26.